The van der Waals surface area contributed by atoms with Crippen LogP contribution in [0.25, 0.3) is 11.3 Å². The third kappa shape index (κ3) is 5.94. The Morgan fingerprint density at radius 3 is 2.44 bits per heavy atom. The average molecular weight is 395 g/mol. The molecule has 136 valence electrons. The van der Waals surface area contributed by atoms with Gasteiger partial charge in [0.2, 0.25) is 0 Å². The van der Waals surface area contributed by atoms with Gasteiger partial charge in [0.05, 0.1) is 11.9 Å². The first kappa shape index (κ1) is 19.1. The molecule has 4 nitrogen and oxygen atoms in total. The molecule has 0 saturated heterocycles. The number of rotatable bonds is 6. The van der Waals surface area contributed by atoms with Crippen LogP contribution in [-0.2, 0) is 11.6 Å². The number of hydrogen-bond acceptors (Lipinski definition) is 4. The lowest BCUT2D eigenvalue weighted by molar-refractivity contribution is 1.24. The molecular weight excluding hydrogens is 376 g/mol. The van der Waals surface area contributed by atoms with Gasteiger partial charge in [0, 0.05) is 23.4 Å². The molecule has 27 heavy (non-hydrogen) atoms. The van der Waals surface area contributed by atoms with E-state index in [9.17, 15) is 0 Å². The second-order valence-electron chi connectivity index (χ2n) is 5.76. The van der Waals surface area contributed by atoms with Gasteiger partial charge in [-0.15, -0.1) is 16.7 Å². The predicted molar refractivity (Wildman–Crippen MR) is 116 cm³/mol. The van der Waals surface area contributed by atoms with Gasteiger partial charge in [0.25, 0.3) is 0 Å². The summed E-state index contributed by atoms with van der Waals surface area (Å²) in [5, 5.41) is 8.54. The number of aromatic nitrogens is 1. The summed E-state index contributed by atoms with van der Waals surface area (Å²) in [6.45, 7) is 0. The van der Waals surface area contributed by atoms with E-state index in [4.69, 9.17) is 17.3 Å². The summed E-state index contributed by atoms with van der Waals surface area (Å²) in [6.07, 6.45) is 3.48. The van der Waals surface area contributed by atoms with Crippen molar-refractivity contribution in [1.82, 2.24) is 4.98 Å². The molecule has 3 rings (SSSR count). The highest BCUT2D eigenvalue weighted by Gasteiger charge is 2.00. The van der Waals surface area contributed by atoms with E-state index in [1.165, 1.54) is 17.3 Å². The number of halogens is 1. The molecule has 0 spiro atoms. The molecule has 6 heteroatoms. The molecule has 0 bridgehead atoms. The van der Waals surface area contributed by atoms with Crippen LogP contribution in [0, 0.1) is 0 Å². The van der Waals surface area contributed by atoms with Gasteiger partial charge in [-0.1, -0.05) is 72.4 Å². The summed E-state index contributed by atoms with van der Waals surface area (Å²) in [4.78, 5) is 4.42. The SMILES string of the molecule is NC(=NN=Cc1ccc(-c2ccc(CCl)cn2)cc1)SCc1ccccc1. The molecule has 0 aliphatic carbocycles. The summed E-state index contributed by atoms with van der Waals surface area (Å²) in [7, 11) is 0. The first-order valence-electron chi connectivity index (χ1n) is 8.39. The van der Waals surface area contributed by atoms with Crippen molar-refractivity contribution in [3.05, 3.63) is 89.6 Å². The Labute approximate surface area is 168 Å². The van der Waals surface area contributed by atoms with E-state index in [1.807, 2.05) is 54.6 Å². The van der Waals surface area contributed by atoms with Crippen LogP contribution < -0.4 is 5.73 Å². The minimum atomic E-state index is 0.440. The van der Waals surface area contributed by atoms with Crippen molar-refractivity contribution >= 4 is 34.7 Å². The molecule has 1 aromatic heterocycles. The molecule has 2 aromatic carbocycles. The zero-order chi connectivity index (χ0) is 18.9. The van der Waals surface area contributed by atoms with Gasteiger partial charge in [-0.2, -0.15) is 5.10 Å². The fourth-order valence-electron chi connectivity index (χ4n) is 2.33. The van der Waals surface area contributed by atoms with Crippen molar-refractivity contribution in [2.45, 2.75) is 11.6 Å². The third-order valence-electron chi connectivity index (χ3n) is 3.78. The molecular formula is C21H19ClN4S. The number of nitrogens with zero attached hydrogens (tertiary/aromatic N) is 3. The summed E-state index contributed by atoms with van der Waals surface area (Å²) >= 11 is 7.26. The van der Waals surface area contributed by atoms with Gasteiger partial charge in [-0.3, -0.25) is 4.98 Å². The quantitative estimate of drug-likeness (QED) is 0.275. The van der Waals surface area contributed by atoms with E-state index in [2.05, 4.69) is 27.3 Å². The predicted octanol–water partition coefficient (Wildman–Crippen LogP) is 5.07. The normalized spacial score (nSPS) is 11.8. The molecule has 1 heterocycles. The lowest BCUT2D eigenvalue weighted by atomic mass is 10.1. The van der Waals surface area contributed by atoms with Gasteiger partial charge in [0.15, 0.2) is 5.17 Å². The number of hydrogen-bond donors (Lipinski definition) is 1. The smallest absolute Gasteiger partial charge is 0.180 e. The van der Waals surface area contributed by atoms with Gasteiger partial charge in [-0.05, 0) is 22.8 Å². The standard InChI is InChI=1S/C21H19ClN4S/c22-12-18-8-11-20(24-13-18)19-9-6-16(7-10-19)14-25-26-21(23)27-15-17-4-2-1-3-5-17/h1-11,13-14H,12,15H2,(H2,23,26). The van der Waals surface area contributed by atoms with Gasteiger partial charge in [-0.25, -0.2) is 0 Å². The lowest BCUT2D eigenvalue weighted by Gasteiger charge is -2.02. The topological polar surface area (TPSA) is 63.6 Å². The largest absolute Gasteiger partial charge is 0.377 e. The van der Waals surface area contributed by atoms with Crippen molar-refractivity contribution in [2.75, 3.05) is 0 Å². The fourth-order valence-corrected chi connectivity index (χ4v) is 3.10. The first-order valence-corrected chi connectivity index (χ1v) is 9.91. The van der Waals surface area contributed by atoms with Crippen LogP contribution in [0.5, 0.6) is 0 Å². The van der Waals surface area contributed by atoms with Gasteiger partial charge >= 0.3 is 0 Å². The Morgan fingerprint density at radius 2 is 1.78 bits per heavy atom. The Balaban J connectivity index is 1.56. The summed E-state index contributed by atoms with van der Waals surface area (Å²) in [5.74, 6) is 1.24. The number of alkyl halides is 1. The lowest BCUT2D eigenvalue weighted by Crippen LogP contribution is -2.05. The average Bonchev–Trinajstić information content (AvgIpc) is 2.74. The number of thioether (sulfide) groups is 1. The van der Waals surface area contributed by atoms with E-state index >= 15 is 0 Å². The molecule has 0 fully saturated rings. The Kier molecular flexibility index (Phi) is 7.02. The van der Waals surface area contributed by atoms with Crippen LogP contribution in [0.4, 0.5) is 0 Å². The minimum absolute atomic E-state index is 0.440. The number of amidine groups is 1. The number of nitrogens with two attached hydrogens (primary N) is 1. The van der Waals surface area contributed by atoms with Crippen molar-refractivity contribution in [2.24, 2.45) is 15.9 Å². The summed E-state index contributed by atoms with van der Waals surface area (Å²) in [6, 6.07) is 22.0. The molecule has 0 atom stereocenters. The maximum atomic E-state index is 5.89. The van der Waals surface area contributed by atoms with Gasteiger partial charge in [0.1, 0.15) is 0 Å². The maximum absolute atomic E-state index is 5.89. The van der Waals surface area contributed by atoms with Crippen LogP contribution in [-0.4, -0.2) is 16.4 Å². The van der Waals surface area contributed by atoms with E-state index < -0.39 is 0 Å². The van der Waals surface area contributed by atoms with Crippen molar-refractivity contribution in [3.63, 3.8) is 0 Å². The molecule has 3 aromatic rings. The molecule has 2 N–H and O–H groups in total. The highest BCUT2D eigenvalue weighted by atomic mass is 35.5. The zero-order valence-electron chi connectivity index (χ0n) is 14.6. The fraction of sp³-hybridized carbons (Fsp3) is 0.0952. The summed E-state index contributed by atoms with van der Waals surface area (Å²) in [5.41, 5.74) is 11.0. The highest BCUT2D eigenvalue weighted by molar-refractivity contribution is 8.13. The second-order valence-corrected chi connectivity index (χ2v) is 7.03. The monoisotopic (exact) mass is 394 g/mol. The van der Waals surface area contributed by atoms with E-state index in [-0.39, 0.29) is 0 Å². The number of pyridine rings is 1. The van der Waals surface area contributed by atoms with Crippen molar-refractivity contribution < 1.29 is 0 Å². The Bertz CT molecular complexity index is 907. The van der Waals surface area contributed by atoms with E-state index in [0.717, 1.165) is 28.1 Å². The van der Waals surface area contributed by atoms with Crippen LogP contribution in [0.3, 0.4) is 0 Å². The summed E-state index contributed by atoms with van der Waals surface area (Å²) < 4.78 is 0. The molecule has 0 unspecified atom stereocenters. The molecule has 0 saturated carbocycles. The second kappa shape index (κ2) is 9.90. The zero-order valence-corrected chi connectivity index (χ0v) is 16.2. The number of benzene rings is 2. The molecule has 0 amide bonds. The molecule has 0 aliphatic heterocycles. The van der Waals surface area contributed by atoms with E-state index in [0.29, 0.717) is 11.0 Å². The molecule has 0 aliphatic rings. The van der Waals surface area contributed by atoms with Crippen LogP contribution >= 0.6 is 23.4 Å². The maximum Gasteiger partial charge on any atom is 0.180 e. The van der Waals surface area contributed by atoms with Crippen molar-refractivity contribution in [3.8, 4) is 11.3 Å². The Morgan fingerprint density at radius 1 is 1.00 bits per heavy atom. The van der Waals surface area contributed by atoms with Crippen molar-refractivity contribution in [1.29, 1.82) is 0 Å². The highest BCUT2D eigenvalue weighted by Crippen LogP contribution is 2.18. The third-order valence-corrected chi connectivity index (χ3v) is 4.94. The van der Waals surface area contributed by atoms with E-state index in [1.54, 1.807) is 12.4 Å². The van der Waals surface area contributed by atoms with Crippen LogP contribution in [0.15, 0.2) is 83.1 Å². The first-order chi connectivity index (χ1) is 13.2. The Hall–Kier alpha value is -2.63. The van der Waals surface area contributed by atoms with Crippen LogP contribution in [0.1, 0.15) is 16.7 Å². The molecule has 0 radical (unpaired) electrons. The minimum Gasteiger partial charge on any atom is -0.377 e. The van der Waals surface area contributed by atoms with Gasteiger partial charge < -0.3 is 5.73 Å². The van der Waals surface area contributed by atoms with Crippen LogP contribution in [0.2, 0.25) is 0 Å².